The maximum atomic E-state index is 10.5. The number of hydrogen-bond acceptors (Lipinski definition) is 2. The van der Waals surface area contributed by atoms with Gasteiger partial charge < -0.3 is 10.4 Å². The van der Waals surface area contributed by atoms with Gasteiger partial charge in [0.05, 0.1) is 11.8 Å². The normalized spacial score (nSPS) is 12.6. The van der Waals surface area contributed by atoms with Gasteiger partial charge in [-0.15, -0.1) is 0 Å². The summed E-state index contributed by atoms with van der Waals surface area (Å²) in [7, 11) is 0. The van der Waals surface area contributed by atoms with E-state index in [1.807, 2.05) is 13.8 Å². The zero-order valence-electron chi connectivity index (χ0n) is 9.13. The van der Waals surface area contributed by atoms with E-state index in [2.05, 4.69) is 5.32 Å². The first kappa shape index (κ1) is 12.9. The molecule has 0 aromatic rings. The predicted octanol–water partition coefficient (Wildman–Crippen LogP) is 1.71. The largest absolute Gasteiger partial charge is 0.481 e. The monoisotopic (exact) mass is 200 g/mol. The lowest BCUT2D eigenvalue weighted by Crippen LogP contribution is -2.28. The first-order valence-electron chi connectivity index (χ1n) is 5.00. The number of hydrogen-bond donors (Lipinski definition) is 3. The molecule has 4 nitrogen and oxygen atoms in total. The van der Waals surface area contributed by atoms with Crippen molar-refractivity contribution in [3.63, 3.8) is 0 Å². The quantitative estimate of drug-likeness (QED) is 0.347. The average molecular weight is 200 g/mol. The van der Waals surface area contributed by atoms with Crippen molar-refractivity contribution in [2.24, 2.45) is 11.8 Å². The van der Waals surface area contributed by atoms with E-state index in [-0.39, 0.29) is 11.8 Å². The van der Waals surface area contributed by atoms with Crippen LogP contribution in [0.2, 0.25) is 0 Å². The van der Waals surface area contributed by atoms with Crippen molar-refractivity contribution in [1.29, 1.82) is 5.41 Å². The van der Waals surface area contributed by atoms with E-state index in [1.54, 1.807) is 6.92 Å². The standard InChI is InChI=1S/C10H20N2O2/c1-7(2)9(11)12-6-4-5-8(3)10(13)14/h7-8H,4-6H2,1-3H3,(H2,11,12)(H,13,14). The summed E-state index contributed by atoms with van der Waals surface area (Å²) in [5, 5.41) is 19.1. The predicted molar refractivity (Wildman–Crippen MR) is 56.6 cm³/mol. The summed E-state index contributed by atoms with van der Waals surface area (Å²) in [5.41, 5.74) is 0. The minimum absolute atomic E-state index is 0.215. The Labute approximate surface area is 85.2 Å². The molecule has 0 aliphatic heterocycles. The molecule has 14 heavy (non-hydrogen) atoms. The molecule has 0 saturated carbocycles. The molecule has 0 aromatic heterocycles. The molecule has 0 heterocycles. The maximum Gasteiger partial charge on any atom is 0.306 e. The third-order valence-corrected chi connectivity index (χ3v) is 2.13. The lowest BCUT2D eigenvalue weighted by molar-refractivity contribution is -0.141. The van der Waals surface area contributed by atoms with E-state index >= 15 is 0 Å². The summed E-state index contributed by atoms with van der Waals surface area (Å²) < 4.78 is 0. The zero-order chi connectivity index (χ0) is 11.1. The molecule has 3 N–H and O–H groups in total. The number of nitrogens with one attached hydrogen (secondary N) is 2. The Hall–Kier alpha value is -1.06. The van der Waals surface area contributed by atoms with Gasteiger partial charge in [-0.3, -0.25) is 10.2 Å². The van der Waals surface area contributed by atoms with Crippen LogP contribution >= 0.6 is 0 Å². The number of carbonyl (C=O) groups is 1. The highest BCUT2D eigenvalue weighted by Gasteiger charge is 2.09. The van der Waals surface area contributed by atoms with E-state index in [0.29, 0.717) is 18.8 Å². The second kappa shape index (κ2) is 6.40. The van der Waals surface area contributed by atoms with Gasteiger partial charge in [0, 0.05) is 12.5 Å². The number of aliphatic carboxylic acids is 1. The summed E-state index contributed by atoms with van der Waals surface area (Å²) in [6.07, 6.45) is 1.45. The lowest BCUT2D eigenvalue weighted by Gasteiger charge is -2.11. The van der Waals surface area contributed by atoms with Crippen LogP contribution in [0.1, 0.15) is 33.6 Å². The molecule has 1 atom stereocenters. The second-order valence-corrected chi connectivity index (χ2v) is 3.88. The van der Waals surface area contributed by atoms with Crippen LogP contribution in [-0.2, 0) is 4.79 Å². The van der Waals surface area contributed by atoms with Crippen molar-refractivity contribution in [2.45, 2.75) is 33.6 Å². The molecule has 82 valence electrons. The SMILES string of the molecule is CC(C)C(=N)NCCCC(C)C(=O)O. The fraction of sp³-hybridized carbons (Fsp3) is 0.800. The van der Waals surface area contributed by atoms with Gasteiger partial charge in [0.25, 0.3) is 0 Å². The Bertz CT molecular complexity index is 202. The molecule has 0 fully saturated rings. The summed E-state index contributed by atoms with van der Waals surface area (Å²) in [4.78, 5) is 10.5. The van der Waals surface area contributed by atoms with Gasteiger partial charge in [0.15, 0.2) is 0 Å². The summed E-state index contributed by atoms with van der Waals surface area (Å²) in [6, 6.07) is 0. The molecule has 4 heteroatoms. The molecule has 0 aliphatic rings. The smallest absolute Gasteiger partial charge is 0.306 e. The highest BCUT2D eigenvalue weighted by molar-refractivity contribution is 5.80. The molecule has 0 saturated heterocycles. The van der Waals surface area contributed by atoms with E-state index < -0.39 is 5.97 Å². The van der Waals surface area contributed by atoms with Crippen molar-refractivity contribution < 1.29 is 9.90 Å². The molecule has 0 aromatic carbocycles. The molecule has 0 amide bonds. The Morgan fingerprint density at radius 2 is 2.00 bits per heavy atom. The first-order chi connectivity index (χ1) is 6.45. The topological polar surface area (TPSA) is 73.2 Å². The number of carboxylic acid groups (broad SMARTS) is 1. The van der Waals surface area contributed by atoms with Gasteiger partial charge in [0.1, 0.15) is 0 Å². The highest BCUT2D eigenvalue weighted by Crippen LogP contribution is 2.04. The van der Waals surface area contributed by atoms with Crippen LogP contribution in [0.5, 0.6) is 0 Å². The number of carboxylic acids is 1. The van der Waals surface area contributed by atoms with Crippen LogP contribution in [0.3, 0.4) is 0 Å². The Kier molecular flexibility index (Phi) is 5.92. The van der Waals surface area contributed by atoms with Crippen molar-refractivity contribution in [3.05, 3.63) is 0 Å². The van der Waals surface area contributed by atoms with Crippen molar-refractivity contribution in [3.8, 4) is 0 Å². The molecule has 0 radical (unpaired) electrons. The van der Waals surface area contributed by atoms with Crippen LogP contribution in [-0.4, -0.2) is 23.5 Å². The Balaban J connectivity index is 3.47. The van der Waals surface area contributed by atoms with Gasteiger partial charge in [-0.2, -0.15) is 0 Å². The third kappa shape index (κ3) is 5.56. The summed E-state index contributed by atoms with van der Waals surface area (Å²) in [5.74, 6) is -0.297. The minimum atomic E-state index is -0.746. The molecule has 0 rings (SSSR count). The maximum absolute atomic E-state index is 10.5. The molecular weight excluding hydrogens is 180 g/mol. The van der Waals surface area contributed by atoms with Gasteiger partial charge >= 0.3 is 5.97 Å². The van der Waals surface area contributed by atoms with Crippen LogP contribution < -0.4 is 5.32 Å². The van der Waals surface area contributed by atoms with Gasteiger partial charge in [0.2, 0.25) is 0 Å². The van der Waals surface area contributed by atoms with Crippen molar-refractivity contribution in [2.75, 3.05) is 6.54 Å². The summed E-state index contributed by atoms with van der Waals surface area (Å²) in [6.45, 7) is 6.30. The Morgan fingerprint density at radius 1 is 1.43 bits per heavy atom. The van der Waals surface area contributed by atoms with E-state index in [1.165, 1.54) is 0 Å². The second-order valence-electron chi connectivity index (χ2n) is 3.88. The molecule has 0 bridgehead atoms. The van der Waals surface area contributed by atoms with E-state index in [0.717, 1.165) is 6.42 Å². The Morgan fingerprint density at radius 3 is 2.43 bits per heavy atom. The van der Waals surface area contributed by atoms with Gasteiger partial charge in [-0.25, -0.2) is 0 Å². The average Bonchev–Trinajstić information content (AvgIpc) is 2.11. The lowest BCUT2D eigenvalue weighted by atomic mass is 10.1. The van der Waals surface area contributed by atoms with E-state index in [4.69, 9.17) is 10.5 Å². The third-order valence-electron chi connectivity index (χ3n) is 2.13. The van der Waals surface area contributed by atoms with Crippen LogP contribution in [0.15, 0.2) is 0 Å². The van der Waals surface area contributed by atoms with Crippen LogP contribution in [0.25, 0.3) is 0 Å². The molecule has 0 spiro atoms. The van der Waals surface area contributed by atoms with Crippen molar-refractivity contribution >= 4 is 11.8 Å². The van der Waals surface area contributed by atoms with Crippen LogP contribution in [0, 0.1) is 17.2 Å². The summed E-state index contributed by atoms with van der Waals surface area (Å²) >= 11 is 0. The van der Waals surface area contributed by atoms with Gasteiger partial charge in [-0.05, 0) is 12.8 Å². The van der Waals surface area contributed by atoms with Crippen molar-refractivity contribution in [1.82, 2.24) is 5.32 Å². The van der Waals surface area contributed by atoms with E-state index in [9.17, 15) is 4.79 Å². The molecule has 0 aliphatic carbocycles. The fourth-order valence-electron chi connectivity index (χ4n) is 0.959. The van der Waals surface area contributed by atoms with Gasteiger partial charge in [-0.1, -0.05) is 20.8 Å². The minimum Gasteiger partial charge on any atom is -0.481 e. The number of rotatable bonds is 6. The number of amidine groups is 1. The molecular formula is C10H20N2O2. The molecule has 1 unspecified atom stereocenters. The fourth-order valence-corrected chi connectivity index (χ4v) is 0.959. The first-order valence-corrected chi connectivity index (χ1v) is 5.00. The highest BCUT2D eigenvalue weighted by atomic mass is 16.4. The van der Waals surface area contributed by atoms with Crippen LogP contribution in [0.4, 0.5) is 0 Å². The zero-order valence-corrected chi connectivity index (χ0v) is 9.13.